The van der Waals surface area contributed by atoms with Gasteiger partial charge in [-0.15, -0.1) is 0 Å². The molecule has 2 heterocycles. The largest absolute Gasteiger partial charge is 0.296 e. The number of hydrogen-bond donors (Lipinski definition) is 0. The second kappa shape index (κ2) is 4.32. The van der Waals surface area contributed by atoms with E-state index < -0.39 is 0 Å². The average molecular weight is 245 g/mol. The number of piperidine rings is 1. The molecule has 0 saturated carbocycles. The zero-order valence-corrected chi connectivity index (χ0v) is 10.4. The highest BCUT2D eigenvalue weighted by Gasteiger charge is 2.41. The Bertz CT molecular complexity index is 506. The number of carbonyl (C=O) groups is 1. The normalized spacial score (nSPS) is 30.1. The van der Waals surface area contributed by atoms with Gasteiger partial charge in [0.15, 0.2) is 5.78 Å². The monoisotopic (exact) mass is 245 g/mol. The maximum atomic E-state index is 12.9. The van der Waals surface area contributed by atoms with E-state index in [-0.39, 0.29) is 17.6 Å². The van der Waals surface area contributed by atoms with Crippen molar-refractivity contribution in [2.45, 2.75) is 31.3 Å². The molecule has 2 atom stereocenters. The second-order valence-electron chi connectivity index (χ2n) is 5.19. The highest BCUT2D eigenvalue weighted by atomic mass is 19.1. The predicted octanol–water partition coefficient (Wildman–Crippen LogP) is 2.64. The van der Waals surface area contributed by atoms with E-state index in [4.69, 9.17) is 0 Å². The fraction of sp³-hybridized carbons (Fsp3) is 0.400. The van der Waals surface area contributed by atoms with E-state index in [0.29, 0.717) is 12.5 Å². The summed E-state index contributed by atoms with van der Waals surface area (Å²) < 4.78 is 12.9. The highest BCUT2D eigenvalue weighted by molar-refractivity contribution is 6.02. The van der Waals surface area contributed by atoms with Crippen LogP contribution in [0.4, 0.5) is 4.39 Å². The zero-order valence-electron chi connectivity index (χ0n) is 10.4. The van der Waals surface area contributed by atoms with E-state index in [1.54, 1.807) is 12.1 Å². The van der Waals surface area contributed by atoms with Crippen LogP contribution >= 0.6 is 0 Å². The molecule has 3 rings (SSSR count). The standard InChI is InChI=1S/C15H16FNO/c1-17-12-6-7-14(17)13(15(18)9-12)8-10-2-4-11(16)5-3-10/h2-5,8,12,14H,6-7,9H2,1H3/b13-8+. The first-order chi connectivity index (χ1) is 8.65. The van der Waals surface area contributed by atoms with Gasteiger partial charge < -0.3 is 0 Å². The Labute approximate surface area is 106 Å². The molecule has 2 saturated heterocycles. The van der Waals surface area contributed by atoms with Gasteiger partial charge in [-0.25, -0.2) is 4.39 Å². The molecule has 0 spiro atoms. The van der Waals surface area contributed by atoms with Crippen LogP contribution in [-0.2, 0) is 4.79 Å². The van der Waals surface area contributed by atoms with Crippen LogP contribution < -0.4 is 0 Å². The molecule has 18 heavy (non-hydrogen) atoms. The van der Waals surface area contributed by atoms with Crippen LogP contribution in [0.2, 0.25) is 0 Å². The Morgan fingerprint density at radius 2 is 2.00 bits per heavy atom. The van der Waals surface area contributed by atoms with Gasteiger partial charge in [0.05, 0.1) is 0 Å². The van der Waals surface area contributed by atoms with E-state index >= 15 is 0 Å². The molecule has 94 valence electrons. The maximum absolute atomic E-state index is 12.9. The smallest absolute Gasteiger partial charge is 0.162 e. The van der Waals surface area contributed by atoms with Crippen molar-refractivity contribution in [2.75, 3.05) is 7.05 Å². The van der Waals surface area contributed by atoms with Gasteiger partial charge in [0.2, 0.25) is 0 Å². The molecule has 1 aromatic carbocycles. The van der Waals surface area contributed by atoms with Gasteiger partial charge >= 0.3 is 0 Å². The van der Waals surface area contributed by atoms with Crippen LogP contribution in [-0.4, -0.2) is 29.8 Å². The molecule has 2 nitrogen and oxygen atoms in total. The van der Waals surface area contributed by atoms with Crippen LogP contribution in [0, 0.1) is 5.82 Å². The molecule has 0 N–H and O–H groups in total. The summed E-state index contributed by atoms with van der Waals surface area (Å²) in [6.07, 6.45) is 4.71. The molecule has 2 bridgehead atoms. The van der Waals surface area contributed by atoms with Crippen molar-refractivity contribution in [3.8, 4) is 0 Å². The minimum atomic E-state index is -0.245. The lowest BCUT2D eigenvalue weighted by Crippen LogP contribution is -2.41. The third kappa shape index (κ3) is 1.89. The predicted molar refractivity (Wildman–Crippen MR) is 68.6 cm³/mol. The molecule has 1 aromatic rings. The number of halogens is 1. The van der Waals surface area contributed by atoms with Crippen molar-refractivity contribution in [2.24, 2.45) is 0 Å². The lowest BCUT2D eigenvalue weighted by Gasteiger charge is -2.32. The maximum Gasteiger partial charge on any atom is 0.162 e. The first-order valence-corrected chi connectivity index (χ1v) is 6.37. The summed E-state index contributed by atoms with van der Waals surface area (Å²) in [5.41, 5.74) is 1.79. The number of rotatable bonds is 1. The molecule has 3 heteroatoms. The summed E-state index contributed by atoms with van der Waals surface area (Å²) in [5.74, 6) is 0.00935. The SMILES string of the molecule is CN1C2CCC1/C(=C\c1ccc(F)cc1)C(=O)C2. The molecular weight excluding hydrogens is 229 g/mol. The first kappa shape index (κ1) is 11.6. The highest BCUT2D eigenvalue weighted by Crippen LogP contribution is 2.36. The molecule has 2 fully saturated rings. The van der Waals surface area contributed by atoms with E-state index in [1.807, 2.05) is 6.08 Å². The summed E-state index contributed by atoms with van der Waals surface area (Å²) >= 11 is 0. The summed E-state index contributed by atoms with van der Waals surface area (Å²) in [6, 6.07) is 6.98. The number of benzene rings is 1. The van der Waals surface area contributed by atoms with Crippen molar-refractivity contribution in [1.29, 1.82) is 0 Å². The quantitative estimate of drug-likeness (QED) is 0.709. The second-order valence-corrected chi connectivity index (χ2v) is 5.19. The molecule has 2 aliphatic rings. The number of hydrogen-bond acceptors (Lipinski definition) is 2. The number of ketones is 1. The summed E-state index contributed by atoms with van der Waals surface area (Å²) in [7, 11) is 2.09. The van der Waals surface area contributed by atoms with Crippen LogP contribution in [0.25, 0.3) is 6.08 Å². The zero-order chi connectivity index (χ0) is 12.7. The number of carbonyl (C=O) groups excluding carboxylic acids is 1. The first-order valence-electron chi connectivity index (χ1n) is 6.37. The lowest BCUT2D eigenvalue weighted by atomic mass is 9.94. The molecule has 0 aliphatic carbocycles. The number of fused-ring (bicyclic) bond motifs is 2. The minimum Gasteiger partial charge on any atom is -0.296 e. The Kier molecular flexibility index (Phi) is 2.78. The van der Waals surface area contributed by atoms with Crippen molar-refractivity contribution in [3.63, 3.8) is 0 Å². The minimum absolute atomic E-state index is 0.245. The number of nitrogens with zero attached hydrogens (tertiary/aromatic N) is 1. The van der Waals surface area contributed by atoms with E-state index in [9.17, 15) is 9.18 Å². The third-order valence-electron chi connectivity index (χ3n) is 4.14. The van der Waals surface area contributed by atoms with E-state index in [1.165, 1.54) is 12.1 Å². The third-order valence-corrected chi connectivity index (χ3v) is 4.14. The number of likely N-dealkylation sites (N-methyl/N-ethyl adjacent to an activating group) is 1. The topological polar surface area (TPSA) is 20.3 Å². The Morgan fingerprint density at radius 3 is 2.72 bits per heavy atom. The molecule has 0 aromatic heterocycles. The van der Waals surface area contributed by atoms with Gasteiger partial charge in [-0.3, -0.25) is 9.69 Å². The fourth-order valence-corrected chi connectivity index (χ4v) is 3.07. The van der Waals surface area contributed by atoms with Crippen LogP contribution in [0.3, 0.4) is 0 Å². The van der Waals surface area contributed by atoms with Gasteiger partial charge in [-0.05, 0) is 43.7 Å². The van der Waals surface area contributed by atoms with Crippen molar-refractivity contribution in [3.05, 3.63) is 41.2 Å². The van der Waals surface area contributed by atoms with Crippen LogP contribution in [0.1, 0.15) is 24.8 Å². The van der Waals surface area contributed by atoms with Gasteiger partial charge in [-0.1, -0.05) is 12.1 Å². The van der Waals surface area contributed by atoms with Crippen LogP contribution in [0.5, 0.6) is 0 Å². The van der Waals surface area contributed by atoms with Crippen molar-refractivity contribution in [1.82, 2.24) is 4.90 Å². The number of Topliss-reactive ketones (excluding diaryl/α,β-unsaturated/α-hetero) is 1. The van der Waals surface area contributed by atoms with E-state index in [0.717, 1.165) is 24.0 Å². The van der Waals surface area contributed by atoms with Crippen molar-refractivity contribution >= 4 is 11.9 Å². The average Bonchev–Trinajstić information content (AvgIpc) is 2.61. The summed E-state index contributed by atoms with van der Waals surface area (Å²) in [6.45, 7) is 0. The van der Waals surface area contributed by atoms with Crippen LogP contribution in [0.15, 0.2) is 29.8 Å². The van der Waals surface area contributed by atoms with Gasteiger partial charge in [0, 0.05) is 24.1 Å². The molecule has 0 amide bonds. The Morgan fingerprint density at radius 1 is 1.28 bits per heavy atom. The molecule has 2 aliphatic heterocycles. The Balaban J connectivity index is 1.94. The van der Waals surface area contributed by atoms with Crippen molar-refractivity contribution < 1.29 is 9.18 Å². The summed E-state index contributed by atoms with van der Waals surface area (Å²) in [5, 5.41) is 0. The van der Waals surface area contributed by atoms with E-state index in [2.05, 4.69) is 11.9 Å². The fourth-order valence-electron chi connectivity index (χ4n) is 3.07. The molecule has 2 unspecified atom stereocenters. The molecule has 0 radical (unpaired) electrons. The molecular formula is C15H16FNO. The van der Waals surface area contributed by atoms with Gasteiger partial charge in [-0.2, -0.15) is 0 Å². The lowest BCUT2D eigenvalue weighted by molar-refractivity contribution is -0.118. The Hall–Kier alpha value is -1.48. The van der Waals surface area contributed by atoms with Gasteiger partial charge in [0.25, 0.3) is 0 Å². The van der Waals surface area contributed by atoms with Gasteiger partial charge in [0.1, 0.15) is 5.82 Å². The summed E-state index contributed by atoms with van der Waals surface area (Å²) in [4.78, 5) is 14.4.